The first-order chi connectivity index (χ1) is 10.4. The van der Waals surface area contributed by atoms with Crippen LogP contribution in [-0.2, 0) is 0 Å². The average molecular weight is 312 g/mol. The van der Waals surface area contributed by atoms with Gasteiger partial charge in [-0.25, -0.2) is 0 Å². The van der Waals surface area contributed by atoms with Gasteiger partial charge in [0.05, 0.1) is 0 Å². The van der Waals surface area contributed by atoms with E-state index in [0.29, 0.717) is 0 Å². The Morgan fingerprint density at radius 1 is 1.00 bits per heavy atom. The Bertz CT molecular complexity index is 266. The van der Waals surface area contributed by atoms with Crippen molar-refractivity contribution < 1.29 is 0 Å². The summed E-state index contributed by atoms with van der Waals surface area (Å²) in [4.78, 5) is 7.44. The molecule has 0 unspecified atom stereocenters. The van der Waals surface area contributed by atoms with Crippen LogP contribution in [0, 0.1) is 5.92 Å². The molecule has 1 saturated heterocycles. The van der Waals surface area contributed by atoms with Crippen molar-refractivity contribution in [3.8, 4) is 0 Å². The first-order valence-electron chi connectivity index (χ1n) is 9.56. The van der Waals surface area contributed by atoms with Gasteiger partial charge in [-0.3, -0.25) is 4.90 Å². The van der Waals surface area contributed by atoms with Crippen LogP contribution >= 0.6 is 0 Å². The zero-order chi connectivity index (χ0) is 16.5. The molecule has 0 amide bonds. The van der Waals surface area contributed by atoms with Crippen LogP contribution in [0.2, 0.25) is 0 Å². The van der Waals surface area contributed by atoms with Gasteiger partial charge in [-0.1, -0.05) is 33.1 Å². The van der Waals surface area contributed by atoms with E-state index in [4.69, 9.17) is 0 Å². The summed E-state index contributed by atoms with van der Waals surface area (Å²) in [5.74, 6) is 0.956. The molecular weight excluding hydrogens is 270 g/mol. The molecule has 2 rings (SSSR count). The Hall–Kier alpha value is -0.120. The predicted octanol–water partition coefficient (Wildman–Crippen LogP) is 3.55. The molecule has 0 aromatic rings. The maximum atomic E-state index is 2.67. The van der Waals surface area contributed by atoms with Gasteiger partial charge in [0.1, 0.15) is 0 Å². The van der Waals surface area contributed by atoms with E-state index in [2.05, 4.69) is 56.5 Å². The molecule has 0 radical (unpaired) electrons. The molecule has 0 aromatic heterocycles. The van der Waals surface area contributed by atoms with Gasteiger partial charge < -0.3 is 9.80 Å². The highest BCUT2D eigenvalue weighted by Crippen LogP contribution is 2.22. The van der Waals surface area contributed by atoms with E-state index < -0.39 is 0 Å². The van der Waals surface area contributed by atoms with Crippen LogP contribution in [0.3, 0.4) is 0 Å². The topological polar surface area (TPSA) is 9.72 Å². The zero-order valence-corrected chi connectivity index (χ0v) is 16.1. The van der Waals surface area contributed by atoms with Gasteiger partial charge in [0, 0.05) is 38.3 Å². The predicted molar refractivity (Wildman–Crippen MR) is 98.5 cm³/mol. The minimum atomic E-state index is 0.770. The minimum Gasteiger partial charge on any atom is -0.308 e. The molecule has 1 heterocycles. The van der Waals surface area contributed by atoms with Gasteiger partial charge in [-0.15, -0.1) is 0 Å². The Labute approximate surface area is 140 Å². The van der Waals surface area contributed by atoms with Crippen LogP contribution in [0.1, 0.15) is 59.8 Å². The van der Waals surface area contributed by atoms with Crippen LogP contribution in [0.4, 0.5) is 0 Å². The van der Waals surface area contributed by atoms with Gasteiger partial charge in [-0.05, 0) is 53.2 Å². The van der Waals surface area contributed by atoms with Gasteiger partial charge in [-0.2, -0.15) is 0 Å². The van der Waals surface area contributed by atoms with E-state index in [9.17, 15) is 0 Å². The molecule has 2 fully saturated rings. The summed E-state index contributed by atoms with van der Waals surface area (Å²) in [6.45, 7) is 15.4. The second kappa shape index (κ2) is 10.6. The number of rotatable bonds is 6. The molecule has 1 aliphatic carbocycles. The fraction of sp³-hybridized carbons (Fsp3) is 1.00. The smallest absolute Gasteiger partial charge is 0.0112 e. The highest BCUT2D eigenvalue weighted by Gasteiger charge is 2.23. The summed E-state index contributed by atoms with van der Waals surface area (Å²) in [6.07, 6.45) is 7.22. The number of likely N-dealkylation sites (N-methyl/N-ethyl adjacent to an activating group) is 2. The number of hydrogen-bond acceptors (Lipinski definition) is 3. The molecule has 1 saturated carbocycles. The summed E-state index contributed by atoms with van der Waals surface area (Å²) in [7, 11) is 4.32. The van der Waals surface area contributed by atoms with Crippen molar-refractivity contribution in [2.45, 2.75) is 71.9 Å². The van der Waals surface area contributed by atoms with Gasteiger partial charge in [0.2, 0.25) is 0 Å². The third-order valence-electron chi connectivity index (χ3n) is 5.15. The summed E-state index contributed by atoms with van der Waals surface area (Å²) in [5.41, 5.74) is 0. The zero-order valence-electron chi connectivity index (χ0n) is 16.1. The average Bonchev–Trinajstić information content (AvgIpc) is 2.46. The lowest BCUT2D eigenvalue weighted by molar-refractivity contribution is 0.0787. The van der Waals surface area contributed by atoms with Gasteiger partial charge >= 0.3 is 0 Å². The van der Waals surface area contributed by atoms with E-state index in [1.165, 1.54) is 64.8 Å². The molecule has 0 N–H and O–H groups in total. The molecule has 132 valence electrons. The Morgan fingerprint density at radius 2 is 1.59 bits per heavy atom. The van der Waals surface area contributed by atoms with Crippen LogP contribution in [-0.4, -0.2) is 73.6 Å². The molecule has 3 heteroatoms. The number of likely N-dealkylation sites (tertiary alicyclic amines) is 1. The lowest BCUT2D eigenvalue weighted by Gasteiger charge is -2.40. The van der Waals surface area contributed by atoms with Crippen LogP contribution < -0.4 is 0 Å². The lowest BCUT2D eigenvalue weighted by Crippen LogP contribution is -2.48. The Kier molecular flexibility index (Phi) is 9.62. The third-order valence-corrected chi connectivity index (χ3v) is 5.15. The van der Waals surface area contributed by atoms with Crippen LogP contribution in [0.25, 0.3) is 0 Å². The summed E-state index contributed by atoms with van der Waals surface area (Å²) < 4.78 is 0. The molecule has 22 heavy (non-hydrogen) atoms. The fourth-order valence-electron chi connectivity index (χ4n) is 3.54. The molecular formula is C19H41N3. The molecule has 0 atom stereocenters. The van der Waals surface area contributed by atoms with E-state index in [1.807, 2.05) is 0 Å². The van der Waals surface area contributed by atoms with Crippen molar-refractivity contribution in [2.75, 3.05) is 46.8 Å². The van der Waals surface area contributed by atoms with Crippen molar-refractivity contribution in [3.05, 3.63) is 0 Å². The van der Waals surface area contributed by atoms with Crippen molar-refractivity contribution in [1.82, 2.24) is 14.7 Å². The maximum Gasteiger partial charge on any atom is 0.0112 e. The Morgan fingerprint density at radius 3 is 1.95 bits per heavy atom. The van der Waals surface area contributed by atoms with Crippen molar-refractivity contribution in [1.29, 1.82) is 0 Å². The molecule has 0 spiro atoms. The molecule has 3 nitrogen and oxygen atoms in total. The highest BCUT2D eigenvalue weighted by molar-refractivity contribution is 4.78. The van der Waals surface area contributed by atoms with E-state index in [1.54, 1.807) is 0 Å². The van der Waals surface area contributed by atoms with Crippen molar-refractivity contribution in [3.63, 3.8) is 0 Å². The third kappa shape index (κ3) is 7.43. The normalized spacial score (nSPS) is 21.1. The second-order valence-corrected chi connectivity index (χ2v) is 7.88. The number of nitrogens with zero attached hydrogens (tertiary/aromatic N) is 3. The molecule has 1 aliphatic heterocycles. The van der Waals surface area contributed by atoms with E-state index in [-0.39, 0.29) is 0 Å². The standard InChI is InChI=1S/C12H26N2.C7H15N/c1-4-14(11-10-13(2)3)12-8-6-5-7-9-12;1-6(2)8-4-7(3)5-8/h12H,4-11H2,1-3H3;6-7H,4-5H2,1-3H3. The molecule has 0 aromatic carbocycles. The first kappa shape index (κ1) is 19.9. The van der Waals surface area contributed by atoms with E-state index in [0.717, 1.165) is 18.0 Å². The van der Waals surface area contributed by atoms with Gasteiger partial charge in [0.15, 0.2) is 0 Å². The Balaban J connectivity index is 0.000000255. The first-order valence-corrected chi connectivity index (χ1v) is 9.56. The van der Waals surface area contributed by atoms with E-state index >= 15 is 0 Å². The van der Waals surface area contributed by atoms with Gasteiger partial charge in [0.25, 0.3) is 0 Å². The monoisotopic (exact) mass is 311 g/mol. The fourth-order valence-corrected chi connectivity index (χ4v) is 3.54. The van der Waals surface area contributed by atoms with Crippen molar-refractivity contribution >= 4 is 0 Å². The van der Waals surface area contributed by atoms with Crippen LogP contribution in [0.15, 0.2) is 0 Å². The second-order valence-electron chi connectivity index (χ2n) is 7.88. The number of hydrogen-bond donors (Lipinski definition) is 0. The largest absolute Gasteiger partial charge is 0.308 e. The summed E-state index contributed by atoms with van der Waals surface area (Å²) >= 11 is 0. The van der Waals surface area contributed by atoms with Crippen molar-refractivity contribution in [2.24, 2.45) is 5.92 Å². The molecule has 0 bridgehead atoms. The minimum absolute atomic E-state index is 0.770. The molecule has 2 aliphatic rings. The lowest BCUT2D eigenvalue weighted by atomic mass is 9.94. The highest BCUT2D eigenvalue weighted by atomic mass is 15.2. The summed E-state index contributed by atoms with van der Waals surface area (Å²) in [5, 5.41) is 0. The SMILES string of the molecule is CC1CN(C(C)C)C1.CCN(CCN(C)C)C1CCCCC1. The quantitative estimate of drug-likeness (QED) is 0.743. The summed E-state index contributed by atoms with van der Waals surface area (Å²) in [6, 6.07) is 1.65. The maximum absolute atomic E-state index is 2.67. The van der Waals surface area contributed by atoms with Crippen LogP contribution in [0.5, 0.6) is 0 Å².